The normalized spacial score (nSPS) is 11.7. The first-order chi connectivity index (χ1) is 12.4. The summed E-state index contributed by atoms with van der Waals surface area (Å²) in [6, 6.07) is 13.7. The van der Waals surface area contributed by atoms with Crippen LogP contribution < -0.4 is 5.32 Å². The van der Waals surface area contributed by atoms with Gasteiger partial charge in [-0.2, -0.15) is 0 Å². The van der Waals surface area contributed by atoms with E-state index in [0.29, 0.717) is 12.1 Å². The summed E-state index contributed by atoms with van der Waals surface area (Å²) in [5, 5.41) is 2.64. The van der Waals surface area contributed by atoms with Crippen molar-refractivity contribution in [2.75, 3.05) is 6.54 Å². The summed E-state index contributed by atoms with van der Waals surface area (Å²) in [4.78, 5) is 25.2. The molecule has 1 N–H and O–H groups in total. The second kappa shape index (κ2) is 9.43. The van der Waals surface area contributed by atoms with Crippen molar-refractivity contribution in [1.29, 1.82) is 0 Å². The Morgan fingerprint density at radius 3 is 2.62 bits per heavy atom. The molecular weight excluding hydrogens is 346 g/mol. The Morgan fingerprint density at radius 2 is 1.92 bits per heavy atom. The van der Waals surface area contributed by atoms with E-state index >= 15 is 0 Å². The van der Waals surface area contributed by atoms with Crippen LogP contribution in [0.25, 0.3) is 0 Å². The number of hydrogen-bond acceptors (Lipinski definition) is 4. The van der Waals surface area contributed by atoms with Gasteiger partial charge >= 0.3 is 5.97 Å². The molecule has 0 bridgehead atoms. The van der Waals surface area contributed by atoms with E-state index in [1.807, 2.05) is 25.1 Å². The van der Waals surface area contributed by atoms with Gasteiger partial charge in [-0.25, -0.2) is 4.79 Å². The van der Waals surface area contributed by atoms with Gasteiger partial charge in [0.2, 0.25) is 0 Å². The molecule has 0 heterocycles. The highest BCUT2D eigenvalue weighted by Gasteiger charge is 2.18. The SMILES string of the molecule is CCNC(=O)[C@@H](C)OC(=O)c1cccc(CSc2ccc(C)cc2C)c1. The lowest BCUT2D eigenvalue weighted by molar-refractivity contribution is -0.128. The molecule has 1 atom stereocenters. The molecule has 26 heavy (non-hydrogen) atoms. The molecule has 2 aromatic carbocycles. The molecule has 0 saturated carbocycles. The molecule has 2 rings (SSSR count). The molecule has 2 aromatic rings. The second-order valence-corrected chi connectivity index (χ2v) is 7.22. The Kier molecular flexibility index (Phi) is 7.27. The lowest BCUT2D eigenvalue weighted by Crippen LogP contribution is -2.35. The van der Waals surface area contributed by atoms with Crippen LogP contribution in [0.15, 0.2) is 47.4 Å². The Balaban J connectivity index is 2.00. The van der Waals surface area contributed by atoms with Gasteiger partial charge in [0, 0.05) is 17.2 Å². The van der Waals surface area contributed by atoms with Crippen LogP contribution in [0, 0.1) is 13.8 Å². The van der Waals surface area contributed by atoms with Gasteiger partial charge in [-0.1, -0.05) is 29.8 Å². The highest BCUT2D eigenvalue weighted by atomic mass is 32.2. The van der Waals surface area contributed by atoms with Crippen molar-refractivity contribution in [2.45, 2.75) is 44.4 Å². The highest BCUT2D eigenvalue weighted by molar-refractivity contribution is 7.98. The number of carbonyl (C=O) groups is 2. The van der Waals surface area contributed by atoms with Crippen LogP contribution in [0.4, 0.5) is 0 Å². The summed E-state index contributed by atoms with van der Waals surface area (Å²) in [6.45, 7) is 8.09. The molecule has 0 aliphatic rings. The Labute approximate surface area is 159 Å². The third kappa shape index (κ3) is 5.63. The third-order valence-electron chi connectivity index (χ3n) is 3.89. The molecule has 0 aliphatic carbocycles. The smallest absolute Gasteiger partial charge is 0.338 e. The van der Waals surface area contributed by atoms with Crippen molar-refractivity contribution in [3.63, 3.8) is 0 Å². The topological polar surface area (TPSA) is 55.4 Å². The zero-order chi connectivity index (χ0) is 19.1. The van der Waals surface area contributed by atoms with Crippen LogP contribution in [-0.4, -0.2) is 24.5 Å². The maximum atomic E-state index is 12.3. The Bertz CT molecular complexity index is 789. The molecule has 5 heteroatoms. The predicted molar refractivity (Wildman–Crippen MR) is 105 cm³/mol. The monoisotopic (exact) mass is 371 g/mol. The van der Waals surface area contributed by atoms with Crippen molar-refractivity contribution in [1.82, 2.24) is 5.32 Å². The zero-order valence-electron chi connectivity index (χ0n) is 15.7. The number of rotatable bonds is 7. The van der Waals surface area contributed by atoms with E-state index in [0.717, 1.165) is 11.3 Å². The lowest BCUT2D eigenvalue weighted by Gasteiger charge is -2.13. The number of benzene rings is 2. The molecule has 138 valence electrons. The van der Waals surface area contributed by atoms with E-state index in [4.69, 9.17) is 4.74 Å². The van der Waals surface area contributed by atoms with Gasteiger partial charge in [-0.15, -0.1) is 11.8 Å². The first-order valence-corrected chi connectivity index (χ1v) is 9.67. The number of aryl methyl sites for hydroxylation is 2. The van der Waals surface area contributed by atoms with Gasteiger partial charge in [0.05, 0.1) is 5.56 Å². The van der Waals surface area contributed by atoms with Gasteiger partial charge < -0.3 is 10.1 Å². The number of carbonyl (C=O) groups excluding carboxylic acids is 2. The predicted octanol–water partition coefficient (Wildman–Crippen LogP) is 4.28. The van der Waals surface area contributed by atoms with Gasteiger partial charge in [-0.05, 0) is 57.0 Å². The number of nitrogens with one attached hydrogen (secondary N) is 1. The summed E-state index contributed by atoms with van der Waals surface area (Å²) in [6.07, 6.45) is -0.810. The van der Waals surface area contributed by atoms with Gasteiger partial charge in [0.1, 0.15) is 0 Å². The van der Waals surface area contributed by atoms with Crippen LogP contribution in [0.3, 0.4) is 0 Å². The molecule has 0 spiro atoms. The maximum Gasteiger partial charge on any atom is 0.338 e. The van der Waals surface area contributed by atoms with E-state index in [2.05, 4.69) is 37.4 Å². The standard InChI is InChI=1S/C21H25NO3S/c1-5-22-20(23)16(4)25-21(24)18-8-6-7-17(12-18)13-26-19-10-9-14(2)11-15(19)3/h6-12,16H,5,13H2,1-4H3,(H,22,23)/t16-/m1/s1. The molecule has 0 unspecified atom stereocenters. The van der Waals surface area contributed by atoms with Crippen LogP contribution in [-0.2, 0) is 15.3 Å². The number of hydrogen-bond donors (Lipinski definition) is 1. The van der Waals surface area contributed by atoms with E-state index in [9.17, 15) is 9.59 Å². The van der Waals surface area contributed by atoms with E-state index < -0.39 is 12.1 Å². The van der Waals surface area contributed by atoms with Gasteiger partial charge in [0.15, 0.2) is 6.10 Å². The molecule has 0 saturated heterocycles. The molecule has 0 radical (unpaired) electrons. The van der Waals surface area contributed by atoms with Crippen molar-refractivity contribution >= 4 is 23.6 Å². The largest absolute Gasteiger partial charge is 0.449 e. The zero-order valence-corrected chi connectivity index (χ0v) is 16.5. The number of likely N-dealkylation sites (N-methyl/N-ethyl adjacent to an activating group) is 1. The summed E-state index contributed by atoms with van der Waals surface area (Å²) in [5.41, 5.74) is 3.99. The molecule has 4 nitrogen and oxygen atoms in total. The van der Waals surface area contributed by atoms with Crippen molar-refractivity contribution in [2.24, 2.45) is 0 Å². The molecule has 1 amide bonds. The van der Waals surface area contributed by atoms with Crippen LogP contribution in [0.5, 0.6) is 0 Å². The van der Waals surface area contributed by atoms with Gasteiger partial charge in [-0.3, -0.25) is 4.79 Å². The number of ether oxygens (including phenoxy) is 1. The second-order valence-electron chi connectivity index (χ2n) is 6.20. The fourth-order valence-electron chi connectivity index (χ4n) is 2.51. The highest BCUT2D eigenvalue weighted by Crippen LogP contribution is 2.27. The third-order valence-corrected chi connectivity index (χ3v) is 5.14. The summed E-state index contributed by atoms with van der Waals surface area (Å²) >= 11 is 1.74. The minimum absolute atomic E-state index is 0.289. The fourth-order valence-corrected chi connectivity index (χ4v) is 3.46. The number of esters is 1. The van der Waals surface area contributed by atoms with E-state index in [-0.39, 0.29) is 5.91 Å². The van der Waals surface area contributed by atoms with Crippen LogP contribution in [0.2, 0.25) is 0 Å². The summed E-state index contributed by atoms with van der Waals surface area (Å²) < 4.78 is 5.24. The van der Waals surface area contributed by atoms with E-state index in [1.165, 1.54) is 16.0 Å². The van der Waals surface area contributed by atoms with Gasteiger partial charge in [0.25, 0.3) is 5.91 Å². The average Bonchev–Trinajstić information content (AvgIpc) is 2.61. The molecule has 0 aromatic heterocycles. The quantitative estimate of drug-likeness (QED) is 0.583. The Morgan fingerprint density at radius 1 is 1.15 bits per heavy atom. The summed E-state index contributed by atoms with van der Waals surface area (Å²) in [7, 11) is 0. The lowest BCUT2D eigenvalue weighted by atomic mass is 10.1. The summed E-state index contributed by atoms with van der Waals surface area (Å²) in [5.74, 6) is -0.0128. The van der Waals surface area contributed by atoms with Crippen molar-refractivity contribution < 1.29 is 14.3 Å². The minimum atomic E-state index is -0.810. The maximum absolute atomic E-state index is 12.3. The van der Waals surface area contributed by atoms with Crippen molar-refractivity contribution in [3.8, 4) is 0 Å². The van der Waals surface area contributed by atoms with Crippen LogP contribution in [0.1, 0.15) is 40.9 Å². The molecular formula is C21H25NO3S. The Hall–Kier alpha value is -2.27. The molecule has 0 fully saturated rings. The van der Waals surface area contributed by atoms with E-state index in [1.54, 1.807) is 24.8 Å². The number of amides is 1. The average molecular weight is 372 g/mol. The first kappa shape index (κ1) is 20.0. The number of thioether (sulfide) groups is 1. The van der Waals surface area contributed by atoms with Crippen LogP contribution >= 0.6 is 11.8 Å². The minimum Gasteiger partial charge on any atom is -0.449 e. The first-order valence-electron chi connectivity index (χ1n) is 8.68. The fraction of sp³-hybridized carbons (Fsp3) is 0.333. The van der Waals surface area contributed by atoms with Crippen molar-refractivity contribution in [3.05, 3.63) is 64.7 Å². The molecule has 0 aliphatic heterocycles.